The first-order chi connectivity index (χ1) is 9.79. The topological polar surface area (TPSA) is 89.4 Å². The van der Waals surface area contributed by atoms with Crippen LogP contribution in [0.3, 0.4) is 0 Å². The molecule has 1 unspecified atom stereocenters. The molecule has 0 aromatic heterocycles. The van der Waals surface area contributed by atoms with E-state index in [1.165, 1.54) is 4.90 Å². The third-order valence-electron chi connectivity index (χ3n) is 3.25. The minimum Gasteiger partial charge on any atom is -0.368 e. The van der Waals surface area contributed by atoms with Crippen molar-refractivity contribution in [2.75, 3.05) is 6.54 Å². The van der Waals surface area contributed by atoms with Crippen molar-refractivity contribution in [1.82, 2.24) is 4.90 Å². The van der Waals surface area contributed by atoms with Crippen LogP contribution >= 0.6 is 15.9 Å². The van der Waals surface area contributed by atoms with E-state index in [0.717, 1.165) is 10.0 Å². The van der Waals surface area contributed by atoms with Gasteiger partial charge >= 0.3 is 0 Å². The minimum atomic E-state index is -0.529. The molecule has 21 heavy (non-hydrogen) atoms. The van der Waals surface area contributed by atoms with Crippen molar-refractivity contribution in [3.63, 3.8) is 0 Å². The van der Waals surface area contributed by atoms with E-state index in [1.807, 2.05) is 38.1 Å². The standard InChI is InChI=1S/C15H22BrN3O2/c1-10(2)13(17)7-15(21)19(9-14(18)20)8-11-3-5-12(16)6-4-11/h3-6,10,13H,7-9,17H2,1-2H3,(H2,18,20). The van der Waals surface area contributed by atoms with Gasteiger partial charge in [-0.05, 0) is 23.6 Å². The molecular formula is C15H22BrN3O2. The van der Waals surface area contributed by atoms with Gasteiger partial charge in [0.05, 0.1) is 6.54 Å². The second kappa shape index (κ2) is 8.14. The Morgan fingerprint density at radius 3 is 2.29 bits per heavy atom. The summed E-state index contributed by atoms with van der Waals surface area (Å²) in [4.78, 5) is 24.9. The molecule has 1 atom stereocenters. The fourth-order valence-corrected chi connectivity index (χ4v) is 2.06. The molecule has 0 radical (unpaired) electrons. The lowest BCUT2D eigenvalue weighted by atomic mass is 10.0. The highest BCUT2D eigenvalue weighted by Gasteiger charge is 2.20. The second-order valence-electron chi connectivity index (χ2n) is 5.45. The minimum absolute atomic E-state index is 0.0975. The number of hydrogen-bond acceptors (Lipinski definition) is 3. The summed E-state index contributed by atoms with van der Waals surface area (Å²) < 4.78 is 0.959. The number of carbonyl (C=O) groups excluding carboxylic acids is 2. The molecule has 2 amide bonds. The fourth-order valence-electron chi connectivity index (χ4n) is 1.80. The van der Waals surface area contributed by atoms with Crippen LogP contribution in [0, 0.1) is 5.92 Å². The molecule has 4 N–H and O–H groups in total. The van der Waals surface area contributed by atoms with Crippen LogP contribution < -0.4 is 11.5 Å². The van der Waals surface area contributed by atoms with Gasteiger partial charge in [0, 0.05) is 23.5 Å². The van der Waals surface area contributed by atoms with Gasteiger partial charge in [0.15, 0.2) is 0 Å². The summed E-state index contributed by atoms with van der Waals surface area (Å²) in [5, 5.41) is 0. The first-order valence-corrected chi connectivity index (χ1v) is 7.65. The first-order valence-electron chi connectivity index (χ1n) is 6.85. The Labute approximate surface area is 133 Å². The van der Waals surface area contributed by atoms with E-state index in [2.05, 4.69) is 15.9 Å². The van der Waals surface area contributed by atoms with Gasteiger partial charge in [0.2, 0.25) is 11.8 Å². The molecule has 0 saturated carbocycles. The van der Waals surface area contributed by atoms with Crippen LogP contribution in [0.4, 0.5) is 0 Å². The summed E-state index contributed by atoms with van der Waals surface area (Å²) >= 11 is 3.36. The highest BCUT2D eigenvalue weighted by molar-refractivity contribution is 9.10. The number of primary amides is 1. The molecule has 1 aromatic rings. The average molecular weight is 356 g/mol. The predicted molar refractivity (Wildman–Crippen MR) is 86.2 cm³/mol. The van der Waals surface area contributed by atoms with Crippen LogP contribution in [0.1, 0.15) is 25.8 Å². The lowest BCUT2D eigenvalue weighted by molar-refractivity contribution is -0.136. The zero-order valence-corrected chi connectivity index (χ0v) is 14.0. The van der Waals surface area contributed by atoms with Crippen molar-refractivity contribution >= 4 is 27.7 Å². The van der Waals surface area contributed by atoms with E-state index in [0.29, 0.717) is 6.54 Å². The summed E-state index contributed by atoms with van der Waals surface area (Å²) in [5.74, 6) is -0.478. The van der Waals surface area contributed by atoms with Crippen molar-refractivity contribution in [3.05, 3.63) is 34.3 Å². The van der Waals surface area contributed by atoms with Crippen molar-refractivity contribution in [2.45, 2.75) is 32.9 Å². The van der Waals surface area contributed by atoms with E-state index >= 15 is 0 Å². The molecular weight excluding hydrogens is 334 g/mol. The summed E-state index contributed by atoms with van der Waals surface area (Å²) in [6.07, 6.45) is 0.210. The van der Waals surface area contributed by atoms with E-state index < -0.39 is 5.91 Å². The number of nitrogens with zero attached hydrogens (tertiary/aromatic N) is 1. The number of hydrogen-bond donors (Lipinski definition) is 2. The van der Waals surface area contributed by atoms with Gasteiger partial charge < -0.3 is 16.4 Å². The number of benzene rings is 1. The second-order valence-corrected chi connectivity index (χ2v) is 6.37. The summed E-state index contributed by atoms with van der Waals surface area (Å²) in [6, 6.07) is 7.35. The third-order valence-corrected chi connectivity index (χ3v) is 3.78. The number of carbonyl (C=O) groups is 2. The van der Waals surface area contributed by atoms with Gasteiger partial charge in [-0.2, -0.15) is 0 Å². The lowest BCUT2D eigenvalue weighted by Gasteiger charge is -2.24. The summed E-state index contributed by atoms with van der Waals surface area (Å²) in [6.45, 7) is 4.18. The fraction of sp³-hybridized carbons (Fsp3) is 0.467. The summed E-state index contributed by atoms with van der Waals surface area (Å²) in [7, 11) is 0. The predicted octanol–water partition coefficient (Wildman–Crippen LogP) is 1.64. The Kier molecular flexibility index (Phi) is 6.84. The largest absolute Gasteiger partial charge is 0.368 e. The third kappa shape index (κ3) is 6.27. The van der Waals surface area contributed by atoms with Crippen molar-refractivity contribution in [1.29, 1.82) is 0 Å². The van der Waals surface area contributed by atoms with E-state index in [-0.39, 0.29) is 30.8 Å². The van der Waals surface area contributed by atoms with Gasteiger partial charge in [-0.15, -0.1) is 0 Å². The van der Waals surface area contributed by atoms with Crippen LogP contribution in [0.5, 0.6) is 0 Å². The molecule has 0 saturated heterocycles. The molecule has 0 aliphatic rings. The molecule has 0 spiro atoms. The van der Waals surface area contributed by atoms with E-state index in [9.17, 15) is 9.59 Å². The van der Waals surface area contributed by atoms with Crippen molar-refractivity contribution < 1.29 is 9.59 Å². The molecule has 0 heterocycles. The highest BCUT2D eigenvalue weighted by atomic mass is 79.9. The zero-order chi connectivity index (χ0) is 16.0. The maximum atomic E-state index is 12.3. The van der Waals surface area contributed by atoms with Gasteiger partial charge in [0.25, 0.3) is 0 Å². The number of nitrogens with two attached hydrogens (primary N) is 2. The zero-order valence-electron chi connectivity index (χ0n) is 12.4. The van der Waals surface area contributed by atoms with E-state index in [4.69, 9.17) is 11.5 Å². The number of rotatable bonds is 7. The Balaban J connectivity index is 2.77. The van der Waals surface area contributed by atoms with Crippen molar-refractivity contribution in [2.24, 2.45) is 17.4 Å². The smallest absolute Gasteiger partial charge is 0.237 e. The van der Waals surface area contributed by atoms with Crippen LogP contribution in [0.2, 0.25) is 0 Å². The number of halogens is 1. The Morgan fingerprint density at radius 1 is 1.24 bits per heavy atom. The van der Waals surface area contributed by atoms with Gasteiger partial charge in [-0.1, -0.05) is 41.9 Å². The van der Waals surface area contributed by atoms with E-state index in [1.54, 1.807) is 0 Å². The quantitative estimate of drug-likeness (QED) is 0.778. The van der Waals surface area contributed by atoms with Gasteiger partial charge in [-0.3, -0.25) is 9.59 Å². The lowest BCUT2D eigenvalue weighted by Crippen LogP contribution is -2.41. The number of amides is 2. The molecule has 0 bridgehead atoms. The average Bonchev–Trinajstić information content (AvgIpc) is 2.39. The Bertz CT molecular complexity index is 488. The molecule has 116 valence electrons. The van der Waals surface area contributed by atoms with Gasteiger partial charge in [-0.25, -0.2) is 0 Å². The normalized spacial score (nSPS) is 12.2. The van der Waals surface area contributed by atoms with Crippen molar-refractivity contribution in [3.8, 4) is 0 Å². The maximum absolute atomic E-state index is 12.3. The molecule has 1 rings (SSSR count). The molecule has 0 aliphatic carbocycles. The monoisotopic (exact) mass is 355 g/mol. The Hall–Kier alpha value is -1.40. The highest BCUT2D eigenvalue weighted by Crippen LogP contribution is 2.13. The van der Waals surface area contributed by atoms with Crippen LogP contribution in [0.15, 0.2) is 28.7 Å². The summed E-state index contributed by atoms with van der Waals surface area (Å²) in [5.41, 5.74) is 12.1. The molecule has 6 heteroatoms. The Morgan fingerprint density at radius 2 is 1.81 bits per heavy atom. The first kappa shape index (κ1) is 17.7. The molecule has 0 aliphatic heterocycles. The molecule has 0 fully saturated rings. The SMILES string of the molecule is CC(C)C(N)CC(=O)N(CC(N)=O)Cc1ccc(Br)cc1. The van der Waals surface area contributed by atoms with Crippen LogP contribution in [-0.4, -0.2) is 29.3 Å². The molecule has 5 nitrogen and oxygen atoms in total. The van der Waals surface area contributed by atoms with Gasteiger partial charge in [0.1, 0.15) is 0 Å². The molecule has 1 aromatic carbocycles. The maximum Gasteiger partial charge on any atom is 0.237 e. The van der Waals surface area contributed by atoms with Crippen LogP contribution in [-0.2, 0) is 16.1 Å². The van der Waals surface area contributed by atoms with Crippen LogP contribution in [0.25, 0.3) is 0 Å².